The van der Waals surface area contributed by atoms with Gasteiger partial charge in [0.05, 0.1) is 23.5 Å². The minimum absolute atomic E-state index is 0.214. The van der Waals surface area contributed by atoms with E-state index in [0.29, 0.717) is 51.9 Å². The fourth-order valence-electron chi connectivity index (χ4n) is 3.66. The second-order valence-corrected chi connectivity index (χ2v) is 7.78. The molecule has 0 atom stereocenters. The van der Waals surface area contributed by atoms with Crippen molar-refractivity contribution < 1.29 is 18.7 Å². The quantitative estimate of drug-likeness (QED) is 0.535. The molecule has 0 bridgehead atoms. The summed E-state index contributed by atoms with van der Waals surface area (Å²) in [6, 6.07) is 13.8. The number of hydrogen-bond donors (Lipinski definition) is 2. The van der Waals surface area contributed by atoms with E-state index in [1.807, 2.05) is 6.92 Å². The van der Waals surface area contributed by atoms with E-state index in [9.17, 15) is 9.59 Å². The summed E-state index contributed by atoms with van der Waals surface area (Å²) in [6.07, 6.45) is 2.17. The first-order chi connectivity index (χ1) is 15.5. The molecule has 2 amide bonds. The summed E-state index contributed by atoms with van der Waals surface area (Å²) in [7, 11) is 1.57. The summed E-state index contributed by atoms with van der Waals surface area (Å²) in [4.78, 5) is 25.3. The van der Waals surface area contributed by atoms with Gasteiger partial charge in [0.15, 0.2) is 5.76 Å². The standard InChI is InChI=1S/C24H22ClN3O4/c1-14-21-19(27-28-23(29)15-10-12-16(31-2)13-11-15)8-5-9-20(21)32-22(14)24(30)26-18-7-4-3-6-17(18)25/h3-4,6-7,10-13H,5,8-9H2,1-2H3,(H,26,30)(H,28,29)/b27-19+. The first-order valence-electron chi connectivity index (χ1n) is 10.2. The van der Waals surface area contributed by atoms with Crippen LogP contribution in [0.25, 0.3) is 0 Å². The summed E-state index contributed by atoms with van der Waals surface area (Å²) < 4.78 is 11.0. The molecule has 0 aliphatic heterocycles. The van der Waals surface area contributed by atoms with Crippen LogP contribution in [0.5, 0.6) is 5.75 Å². The number of para-hydroxylation sites is 1. The zero-order chi connectivity index (χ0) is 22.7. The Bertz CT molecular complexity index is 1200. The molecule has 0 saturated carbocycles. The van der Waals surface area contributed by atoms with E-state index in [4.69, 9.17) is 20.8 Å². The molecular weight excluding hydrogens is 430 g/mol. The Morgan fingerprint density at radius 3 is 2.53 bits per heavy atom. The predicted molar refractivity (Wildman–Crippen MR) is 123 cm³/mol. The van der Waals surface area contributed by atoms with Crippen molar-refractivity contribution in [3.05, 3.63) is 81.8 Å². The SMILES string of the molecule is COc1ccc(C(=O)N/N=C2\CCCc3oc(C(=O)Nc4ccccc4Cl)c(C)c32)cc1. The molecular formula is C24H22ClN3O4. The van der Waals surface area contributed by atoms with Crippen LogP contribution in [0.2, 0.25) is 5.02 Å². The number of amides is 2. The molecule has 164 valence electrons. The third kappa shape index (κ3) is 4.38. The zero-order valence-electron chi connectivity index (χ0n) is 17.7. The monoisotopic (exact) mass is 451 g/mol. The minimum Gasteiger partial charge on any atom is -0.497 e. The van der Waals surface area contributed by atoms with Gasteiger partial charge in [0.2, 0.25) is 0 Å². The van der Waals surface area contributed by atoms with Crippen molar-refractivity contribution in [3.8, 4) is 5.75 Å². The van der Waals surface area contributed by atoms with Crippen molar-refractivity contribution in [1.82, 2.24) is 5.43 Å². The van der Waals surface area contributed by atoms with Gasteiger partial charge in [-0.25, -0.2) is 5.43 Å². The number of hydrazone groups is 1. The lowest BCUT2D eigenvalue weighted by Gasteiger charge is -2.13. The van der Waals surface area contributed by atoms with Crippen LogP contribution in [0, 0.1) is 6.92 Å². The van der Waals surface area contributed by atoms with Crippen molar-refractivity contribution in [2.75, 3.05) is 12.4 Å². The fraction of sp³-hybridized carbons (Fsp3) is 0.208. The van der Waals surface area contributed by atoms with Gasteiger partial charge in [-0.2, -0.15) is 5.10 Å². The number of furan rings is 1. The fourth-order valence-corrected chi connectivity index (χ4v) is 3.85. The molecule has 1 aliphatic carbocycles. The normalized spacial score (nSPS) is 14.0. The van der Waals surface area contributed by atoms with Gasteiger partial charge < -0.3 is 14.5 Å². The van der Waals surface area contributed by atoms with Gasteiger partial charge >= 0.3 is 0 Å². The molecule has 8 heteroatoms. The molecule has 1 heterocycles. The summed E-state index contributed by atoms with van der Waals surface area (Å²) in [6.45, 7) is 1.82. The van der Waals surface area contributed by atoms with Crippen LogP contribution in [0.3, 0.4) is 0 Å². The van der Waals surface area contributed by atoms with Gasteiger partial charge in [0, 0.05) is 23.1 Å². The first kappa shape index (κ1) is 21.6. The van der Waals surface area contributed by atoms with Crippen molar-refractivity contribution in [3.63, 3.8) is 0 Å². The molecule has 0 unspecified atom stereocenters. The topological polar surface area (TPSA) is 92.9 Å². The zero-order valence-corrected chi connectivity index (χ0v) is 18.5. The number of aryl methyl sites for hydroxylation is 1. The minimum atomic E-state index is -0.383. The highest BCUT2D eigenvalue weighted by atomic mass is 35.5. The van der Waals surface area contributed by atoms with Gasteiger partial charge in [0.25, 0.3) is 11.8 Å². The lowest BCUT2D eigenvalue weighted by molar-refractivity contribution is 0.0953. The largest absolute Gasteiger partial charge is 0.497 e. The van der Waals surface area contributed by atoms with Crippen LogP contribution in [0.15, 0.2) is 58.0 Å². The van der Waals surface area contributed by atoms with E-state index in [0.717, 1.165) is 12.0 Å². The maximum atomic E-state index is 12.8. The number of rotatable bonds is 5. The van der Waals surface area contributed by atoms with Crippen molar-refractivity contribution in [2.45, 2.75) is 26.2 Å². The van der Waals surface area contributed by atoms with E-state index in [1.165, 1.54) is 0 Å². The lowest BCUT2D eigenvalue weighted by Crippen LogP contribution is -2.22. The van der Waals surface area contributed by atoms with Crippen LogP contribution in [-0.4, -0.2) is 24.6 Å². The van der Waals surface area contributed by atoms with Gasteiger partial charge in [-0.15, -0.1) is 0 Å². The van der Waals surface area contributed by atoms with Gasteiger partial charge in [0.1, 0.15) is 11.5 Å². The van der Waals surface area contributed by atoms with E-state index < -0.39 is 0 Å². The van der Waals surface area contributed by atoms with Crippen molar-refractivity contribution in [2.24, 2.45) is 5.10 Å². The highest BCUT2D eigenvalue weighted by Gasteiger charge is 2.28. The number of nitrogens with zero attached hydrogens (tertiary/aromatic N) is 1. The van der Waals surface area contributed by atoms with E-state index in [2.05, 4.69) is 15.8 Å². The van der Waals surface area contributed by atoms with Gasteiger partial charge in [-0.05, 0) is 56.2 Å². The molecule has 1 aromatic heterocycles. The Balaban J connectivity index is 1.55. The number of hydrogen-bond acceptors (Lipinski definition) is 5. The molecule has 2 N–H and O–H groups in total. The van der Waals surface area contributed by atoms with Crippen molar-refractivity contribution >= 4 is 34.8 Å². The summed E-state index contributed by atoms with van der Waals surface area (Å²) in [5, 5.41) is 7.58. The van der Waals surface area contributed by atoms with Crippen LogP contribution < -0.4 is 15.5 Å². The maximum absolute atomic E-state index is 12.8. The van der Waals surface area contributed by atoms with Crippen LogP contribution in [0.4, 0.5) is 5.69 Å². The summed E-state index contributed by atoms with van der Waals surface area (Å²) >= 11 is 6.15. The number of carbonyl (C=O) groups is 2. The number of carbonyl (C=O) groups excluding carboxylic acids is 2. The Hall–Kier alpha value is -3.58. The summed E-state index contributed by atoms with van der Waals surface area (Å²) in [5.74, 6) is 0.861. The van der Waals surface area contributed by atoms with Crippen LogP contribution >= 0.6 is 11.6 Å². The molecule has 0 fully saturated rings. The predicted octanol–water partition coefficient (Wildman–Crippen LogP) is 4.97. The highest BCUT2D eigenvalue weighted by Crippen LogP contribution is 2.31. The number of anilines is 1. The van der Waals surface area contributed by atoms with Gasteiger partial charge in [-0.1, -0.05) is 23.7 Å². The average Bonchev–Trinajstić information content (AvgIpc) is 3.16. The number of nitrogens with one attached hydrogen (secondary N) is 2. The molecule has 0 radical (unpaired) electrons. The molecule has 1 aliphatic rings. The Labute approximate surface area is 190 Å². The van der Waals surface area contributed by atoms with Crippen LogP contribution in [0.1, 0.15) is 50.6 Å². The highest BCUT2D eigenvalue weighted by molar-refractivity contribution is 6.33. The molecule has 4 rings (SSSR count). The molecule has 0 spiro atoms. The lowest BCUT2D eigenvalue weighted by atomic mass is 9.93. The summed E-state index contributed by atoms with van der Waals surface area (Å²) in [5.41, 5.74) is 5.73. The van der Waals surface area contributed by atoms with Gasteiger partial charge in [-0.3, -0.25) is 9.59 Å². The molecule has 2 aromatic carbocycles. The Morgan fingerprint density at radius 1 is 1.06 bits per heavy atom. The number of halogens is 1. The number of methoxy groups -OCH3 is 1. The Kier molecular flexibility index (Phi) is 6.28. The van der Waals surface area contributed by atoms with Crippen LogP contribution in [-0.2, 0) is 6.42 Å². The first-order valence-corrected chi connectivity index (χ1v) is 10.5. The maximum Gasteiger partial charge on any atom is 0.291 e. The third-order valence-electron chi connectivity index (χ3n) is 5.30. The molecule has 32 heavy (non-hydrogen) atoms. The number of ether oxygens (including phenoxy) is 1. The van der Waals surface area contributed by atoms with Crippen molar-refractivity contribution in [1.29, 1.82) is 0 Å². The Morgan fingerprint density at radius 2 is 1.81 bits per heavy atom. The second-order valence-electron chi connectivity index (χ2n) is 7.37. The van der Waals surface area contributed by atoms with E-state index >= 15 is 0 Å². The number of benzene rings is 2. The van der Waals surface area contributed by atoms with E-state index in [-0.39, 0.29) is 17.6 Å². The average molecular weight is 452 g/mol. The second kappa shape index (κ2) is 9.28. The smallest absolute Gasteiger partial charge is 0.291 e. The molecule has 3 aromatic rings. The molecule has 0 saturated heterocycles. The van der Waals surface area contributed by atoms with E-state index in [1.54, 1.807) is 55.6 Å². The number of fused-ring (bicyclic) bond motifs is 1. The molecule has 7 nitrogen and oxygen atoms in total. The third-order valence-corrected chi connectivity index (χ3v) is 5.63.